The van der Waals surface area contributed by atoms with Crippen LogP contribution in [-0.4, -0.2) is 60.9 Å². The molecule has 3 rings (SSSR count). The molecule has 0 radical (unpaired) electrons. The third kappa shape index (κ3) is 4.12. The van der Waals surface area contributed by atoms with Gasteiger partial charge in [0.2, 0.25) is 5.91 Å². The zero-order chi connectivity index (χ0) is 17.3. The van der Waals surface area contributed by atoms with Crippen LogP contribution in [0.5, 0.6) is 0 Å². The Bertz CT molecular complexity index is 643. The summed E-state index contributed by atoms with van der Waals surface area (Å²) in [4.78, 5) is 28.5. The summed E-state index contributed by atoms with van der Waals surface area (Å²) in [6.07, 6.45) is 0. The van der Waals surface area contributed by atoms with Gasteiger partial charge in [-0.1, -0.05) is 13.0 Å². The molecule has 2 aliphatic rings. The molecular formula is C18H25ClFN3O2. The number of aryl methyl sites for hydroxylation is 1. The number of rotatable bonds is 3. The number of carbonyl (C=O) groups excluding carboxylic acids is 2. The number of nitrogens with one attached hydrogen (secondary N) is 1. The van der Waals surface area contributed by atoms with Crippen LogP contribution in [0.1, 0.15) is 22.8 Å². The molecule has 1 aromatic carbocycles. The third-order valence-electron chi connectivity index (χ3n) is 5.21. The maximum absolute atomic E-state index is 13.6. The van der Waals surface area contributed by atoms with Gasteiger partial charge in [-0.05, 0) is 43.6 Å². The van der Waals surface area contributed by atoms with Crippen molar-refractivity contribution >= 4 is 24.2 Å². The zero-order valence-electron chi connectivity index (χ0n) is 14.6. The third-order valence-corrected chi connectivity index (χ3v) is 5.21. The van der Waals surface area contributed by atoms with Crippen molar-refractivity contribution < 1.29 is 14.0 Å². The maximum Gasteiger partial charge on any atom is 0.254 e. The Morgan fingerprint density at radius 3 is 2.28 bits per heavy atom. The average molecular weight is 370 g/mol. The zero-order valence-corrected chi connectivity index (χ0v) is 15.4. The van der Waals surface area contributed by atoms with Crippen LogP contribution in [0.2, 0.25) is 0 Å². The second kappa shape index (κ2) is 8.15. The van der Waals surface area contributed by atoms with Crippen molar-refractivity contribution in [1.82, 2.24) is 15.1 Å². The highest BCUT2D eigenvalue weighted by Gasteiger charge is 2.33. The lowest BCUT2D eigenvalue weighted by atomic mass is 9.88. The Morgan fingerprint density at radius 1 is 1.16 bits per heavy atom. The minimum atomic E-state index is -0.363. The summed E-state index contributed by atoms with van der Waals surface area (Å²) in [5.41, 5.74) is 0.897. The van der Waals surface area contributed by atoms with Crippen molar-refractivity contribution in [2.75, 3.05) is 39.3 Å². The van der Waals surface area contributed by atoms with Crippen molar-refractivity contribution in [2.45, 2.75) is 13.8 Å². The summed E-state index contributed by atoms with van der Waals surface area (Å²) < 4.78 is 13.6. The minimum absolute atomic E-state index is 0. The van der Waals surface area contributed by atoms with E-state index >= 15 is 0 Å². The van der Waals surface area contributed by atoms with Gasteiger partial charge in [-0.3, -0.25) is 9.59 Å². The van der Waals surface area contributed by atoms with Crippen LogP contribution in [0.25, 0.3) is 0 Å². The Kier molecular flexibility index (Phi) is 6.41. The Hall–Kier alpha value is -1.66. The van der Waals surface area contributed by atoms with Gasteiger partial charge in [0.25, 0.3) is 5.91 Å². The van der Waals surface area contributed by atoms with Gasteiger partial charge in [0.05, 0.1) is 0 Å². The lowest BCUT2D eigenvalue weighted by Gasteiger charge is -2.39. The van der Waals surface area contributed by atoms with Crippen LogP contribution >= 0.6 is 12.4 Å². The summed E-state index contributed by atoms with van der Waals surface area (Å²) in [6.45, 7) is 7.56. The maximum atomic E-state index is 13.6. The van der Waals surface area contributed by atoms with Crippen LogP contribution in [0, 0.1) is 24.6 Å². The summed E-state index contributed by atoms with van der Waals surface area (Å²) in [5, 5.41) is 3.19. The van der Waals surface area contributed by atoms with E-state index < -0.39 is 0 Å². The normalized spacial score (nSPS) is 19.0. The Balaban J connectivity index is 0.00000225. The Morgan fingerprint density at radius 2 is 1.76 bits per heavy atom. The van der Waals surface area contributed by atoms with Crippen LogP contribution in [-0.2, 0) is 4.79 Å². The van der Waals surface area contributed by atoms with E-state index in [1.807, 2.05) is 11.8 Å². The molecule has 0 aromatic heterocycles. The molecule has 0 aliphatic carbocycles. The van der Waals surface area contributed by atoms with Gasteiger partial charge in [0.15, 0.2) is 0 Å². The van der Waals surface area contributed by atoms with Gasteiger partial charge in [-0.2, -0.15) is 0 Å². The predicted molar refractivity (Wildman–Crippen MR) is 96.4 cm³/mol. The summed E-state index contributed by atoms with van der Waals surface area (Å²) in [5.74, 6) is 0.0946. The molecule has 1 unspecified atom stereocenters. The fraction of sp³-hybridized carbons (Fsp3) is 0.556. The van der Waals surface area contributed by atoms with E-state index in [9.17, 15) is 14.0 Å². The topological polar surface area (TPSA) is 52.7 Å². The van der Waals surface area contributed by atoms with Crippen molar-refractivity contribution in [3.63, 3.8) is 0 Å². The molecule has 1 atom stereocenters. The second-order valence-corrected chi connectivity index (χ2v) is 6.79. The lowest BCUT2D eigenvalue weighted by Crippen LogP contribution is -2.55. The molecule has 5 nitrogen and oxygen atoms in total. The fourth-order valence-corrected chi connectivity index (χ4v) is 3.19. The molecule has 0 saturated carbocycles. The number of halogens is 2. The van der Waals surface area contributed by atoms with Crippen LogP contribution in [0.4, 0.5) is 4.39 Å². The molecule has 1 N–H and O–H groups in total. The number of benzene rings is 1. The average Bonchev–Trinajstić information content (AvgIpc) is 2.54. The molecular weight excluding hydrogens is 345 g/mol. The molecule has 1 aromatic rings. The summed E-state index contributed by atoms with van der Waals surface area (Å²) in [6, 6.07) is 4.57. The molecule has 2 fully saturated rings. The highest BCUT2D eigenvalue weighted by molar-refractivity contribution is 5.94. The van der Waals surface area contributed by atoms with E-state index in [0.29, 0.717) is 43.2 Å². The summed E-state index contributed by atoms with van der Waals surface area (Å²) in [7, 11) is 0. The van der Waals surface area contributed by atoms with Gasteiger partial charge in [0.1, 0.15) is 5.82 Å². The molecule has 7 heteroatoms. The fourth-order valence-electron chi connectivity index (χ4n) is 3.19. The molecule has 2 saturated heterocycles. The van der Waals surface area contributed by atoms with Gasteiger partial charge in [0, 0.05) is 37.7 Å². The first-order valence-corrected chi connectivity index (χ1v) is 8.52. The first kappa shape index (κ1) is 19.7. The molecule has 138 valence electrons. The number of hydrogen-bond acceptors (Lipinski definition) is 3. The van der Waals surface area contributed by atoms with E-state index in [0.717, 1.165) is 13.1 Å². The van der Waals surface area contributed by atoms with Crippen molar-refractivity contribution in [3.05, 3.63) is 35.1 Å². The Labute approximate surface area is 154 Å². The number of amides is 2. The van der Waals surface area contributed by atoms with Gasteiger partial charge < -0.3 is 15.1 Å². The number of hydrogen-bond donors (Lipinski definition) is 1. The molecule has 2 amide bonds. The van der Waals surface area contributed by atoms with E-state index in [4.69, 9.17) is 0 Å². The van der Waals surface area contributed by atoms with E-state index in [1.54, 1.807) is 24.0 Å². The van der Waals surface area contributed by atoms with Gasteiger partial charge in [-0.25, -0.2) is 4.39 Å². The van der Waals surface area contributed by atoms with Gasteiger partial charge in [-0.15, -0.1) is 12.4 Å². The molecule has 0 spiro atoms. The highest BCUT2D eigenvalue weighted by Crippen LogP contribution is 2.20. The van der Waals surface area contributed by atoms with Crippen LogP contribution in [0.15, 0.2) is 18.2 Å². The quantitative estimate of drug-likeness (QED) is 0.882. The smallest absolute Gasteiger partial charge is 0.254 e. The molecule has 0 bridgehead atoms. The number of carbonyl (C=O) groups is 2. The minimum Gasteiger partial charge on any atom is -0.339 e. The van der Waals surface area contributed by atoms with E-state index in [-0.39, 0.29) is 36.0 Å². The standard InChI is InChI=1S/C18H24FN3O2.ClH/c1-12-3-4-14(9-16(12)19)18(24)22-7-5-21(6-8-22)17(23)13(2)15-10-20-11-15;/h3-4,9,13,15,20H,5-8,10-11H2,1-2H3;1H. The molecule has 25 heavy (non-hydrogen) atoms. The van der Waals surface area contributed by atoms with Crippen molar-refractivity contribution in [1.29, 1.82) is 0 Å². The summed E-state index contributed by atoms with van der Waals surface area (Å²) >= 11 is 0. The van der Waals surface area contributed by atoms with Crippen molar-refractivity contribution in [3.8, 4) is 0 Å². The lowest BCUT2D eigenvalue weighted by molar-refractivity contribution is -0.138. The predicted octanol–water partition coefficient (Wildman–Crippen LogP) is 1.70. The van der Waals surface area contributed by atoms with Crippen LogP contribution in [0.3, 0.4) is 0 Å². The number of nitrogens with zero attached hydrogens (tertiary/aromatic N) is 2. The largest absolute Gasteiger partial charge is 0.339 e. The molecule has 2 heterocycles. The first-order chi connectivity index (χ1) is 11.5. The molecule has 2 aliphatic heterocycles. The first-order valence-electron chi connectivity index (χ1n) is 8.52. The van der Waals surface area contributed by atoms with Crippen LogP contribution < -0.4 is 5.32 Å². The van der Waals surface area contributed by atoms with Crippen molar-refractivity contribution in [2.24, 2.45) is 11.8 Å². The van der Waals surface area contributed by atoms with E-state index in [1.165, 1.54) is 6.07 Å². The number of piperazine rings is 1. The SMILES string of the molecule is Cc1ccc(C(=O)N2CCN(C(=O)C(C)C3CNC3)CC2)cc1F.Cl. The van der Waals surface area contributed by atoms with Gasteiger partial charge >= 0.3 is 0 Å². The monoisotopic (exact) mass is 369 g/mol. The second-order valence-electron chi connectivity index (χ2n) is 6.79. The van der Waals surface area contributed by atoms with E-state index in [2.05, 4.69) is 5.32 Å². The highest BCUT2D eigenvalue weighted by atomic mass is 35.5.